The van der Waals surface area contributed by atoms with Crippen LogP contribution in [0.4, 0.5) is 10.5 Å². The van der Waals surface area contributed by atoms with Gasteiger partial charge in [-0.05, 0) is 42.9 Å². The summed E-state index contributed by atoms with van der Waals surface area (Å²) >= 11 is 0. The molecule has 1 aliphatic rings. The molecule has 0 aliphatic carbocycles. The number of likely N-dealkylation sites (tertiary alicyclic amines) is 1. The minimum Gasteiger partial charge on any atom is -0.385 e. The molecule has 1 fully saturated rings. The van der Waals surface area contributed by atoms with Crippen molar-refractivity contribution in [3.63, 3.8) is 0 Å². The van der Waals surface area contributed by atoms with E-state index in [9.17, 15) is 9.59 Å². The number of nitrogens with zero attached hydrogens (tertiary/aromatic N) is 1. The fourth-order valence-corrected chi connectivity index (χ4v) is 2.94. The molecular formula is C19H30N4O2. The molecule has 138 valence electrons. The summed E-state index contributed by atoms with van der Waals surface area (Å²) in [6, 6.07) is 7.98. The van der Waals surface area contributed by atoms with E-state index in [4.69, 9.17) is 0 Å². The second kappa shape index (κ2) is 9.91. The van der Waals surface area contributed by atoms with Crippen LogP contribution in [0.3, 0.4) is 0 Å². The molecule has 6 nitrogen and oxygen atoms in total. The summed E-state index contributed by atoms with van der Waals surface area (Å²) in [5.41, 5.74) is 2.18. The predicted octanol–water partition coefficient (Wildman–Crippen LogP) is 2.57. The van der Waals surface area contributed by atoms with Crippen molar-refractivity contribution in [3.8, 4) is 0 Å². The number of amides is 3. The molecule has 2 rings (SSSR count). The van der Waals surface area contributed by atoms with Gasteiger partial charge >= 0.3 is 6.03 Å². The maximum Gasteiger partial charge on any atom is 0.315 e. The minimum atomic E-state index is -0.137. The first kappa shape index (κ1) is 19.1. The molecule has 0 spiro atoms. The standard InChI is InChI=1S/C19H30N4O2/c1-3-10-20-18-6-4-16(5-7-18)13-21-19(25)22-14-17-8-11-23(12-9-17)15(2)24/h4-7,17,20H,3,8-14H2,1-2H3,(H2,21,22,25). The summed E-state index contributed by atoms with van der Waals surface area (Å²) < 4.78 is 0. The zero-order valence-corrected chi connectivity index (χ0v) is 15.3. The lowest BCUT2D eigenvalue weighted by Crippen LogP contribution is -2.42. The van der Waals surface area contributed by atoms with Crippen molar-refractivity contribution in [1.29, 1.82) is 0 Å². The summed E-state index contributed by atoms with van der Waals surface area (Å²) in [7, 11) is 0. The minimum absolute atomic E-state index is 0.137. The topological polar surface area (TPSA) is 73.5 Å². The highest BCUT2D eigenvalue weighted by atomic mass is 16.2. The Morgan fingerprint density at radius 3 is 2.40 bits per heavy atom. The van der Waals surface area contributed by atoms with Gasteiger partial charge in [-0.25, -0.2) is 4.79 Å². The lowest BCUT2D eigenvalue weighted by atomic mass is 9.97. The largest absolute Gasteiger partial charge is 0.385 e. The van der Waals surface area contributed by atoms with Crippen LogP contribution < -0.4 is 16.0 Å². The van der Waals surface area contributed by atoms with Gasteiger partial charge in [0.2, 0.25) is 5.91 Å². The smallest absolute Gasteiger partial charge is 0.315 e. The van der Waals surface area contributed by atoms with Crippen molar-refractivity contribution < 1.29 is 9.59 Å². The van der Waals surface area contributed by atoms with Crippen LogP contribution in [-0.2, 0) is 11.3 Å². The number of anilines is 1. The zero-order chi connectivity index (χ0) is 18.1. The molecule has 0 saturated carbocycles. The van der Waals surface area contributed by atoms with Gasteiger partial charge in [-0.15, -0.1) is 0 Å². The SMILES string of the molecule is CCCNc1ccc(CNC(=O)NCC2CCN(C(C)=O)CC2)cc1. The van der Waals surface area contributed by atoms with Crippen LogP contribution in [0.2, 0.25) is 0 Å². The zero-order valence-electron chi connectivity index (χ0n) is 15.3. The molecule has 0 atom stereocenters. The van der Waals surface area contributed by atoms with Crippen LogP contribution in [0, 0.1) is 5.92 Å². The van der Waals surface area contributed by atoms with Gasteiger partial charge in [0.05, 0.1) is 0 Å². The van der Waals surface area contributed by atoms with Crippen molar-refractivity contribution in [1.82, 2.24) is 15.5 Å². The van der Waals surface area contributed by atoms with Crippen LogP contribution in [0.5, 0.6) is 0 Å². The number of carbonyl (C=O) groups excluding carboxylic acids is 2. The Labute approximate surface area is 150 Å². The number of hydrogen-bond acceptors (Lipinski definition) is 3. The maximum absolute atomic E-state index is 11.9. The molecule has 3 amide bonds. The average Bonchev–Trinajstić information content (AvgIpc) is 2.64. The Morgan fingerprint density at radius 1 is 1.12 bits per heavy atom. The van der Waals surface area contributed by atoms with Gasteiger partial charge < -0.3 is 20.9 Å². The fraction of sp³-hybridized carbons (Fsp3) is 0.579. The first-order chi connectivity index (χ1) is 12.1. The van der Waals surface area contributed by atoms with Gasteiger partial charge in [0.1, 0.15) is 0 Å². The number of carbonyl (C=O) groups is 2. The first-order valence-electron chi connectivity index (χ1n) is 9.18. The van der Waals surface area contributed by atoms with E-state index < -0.39 is 0 Å². The maximum atomic E-state index is 11.9. The van der Waals surface area contributed by atoms with E-state index in [0.717, 1.165) is 50.1 Å². The summed E-state index contributed by atoms with van der Waals surface area (Å²) in [6.07, 6.45) is 3.00. The molecular weight excluding hydrogens is 316 g/mol. The molecule has 0 radical (unpaired) electrons. The van der Waals surface area contributed by atoms with Gasteiger partial charge in [-0.3, -0.25) is 4.79 Å². The van der Waals surface area contributed by atoms with Crippen LogP contribution in [0.15, 0.2) is 24.3 Å². The van der Waals surface area contributed by atoms with E-state index in [-0.39, 0.29) is 11.9 Å². The van der Waals surface area contributed by atoms with Gasteiger partial charge in [0, 0.05) is 45.3 Å². The Bertz CT molecular complexity index is 551. The van der Waals surface area contributed by atoms with E-state index in [1.807, 2.05) is 29.2 Å². The fourth-order valence-electron chi connectivity index (χ4n) is 2.94. The second-order valence-corrected chi connectivity index (χ2v) is 6.64. The third-order valence-electron chi connectivity index (χ3n) is 4.60. The van der Waals surface area contributed by atoms with Gasteiger partial charge in [0.15, 0.2) is 0 Å². The van der Waals surface area contributed by atoms with E-state index in [0.29, 0.717) is 19.0 Å². The molecule has 25 heavy (non-hydrogen) atoms. The van der Waals surface area contributed by atoms with Gasteiger partial charge in [-0.2, -0.15) is 0 Å². The molecule has 0 bridgehead atoms. The summed E-state index contributed by atoms with van der Waals surface area (Å²) in [6.45, 7) is 7.48. The Balaban J connectivity index is 1.63. The molecule has 0 aromatic heterocycles. The van der Waals surface area contributed by atoms with E-state index in [1.54, 1.807) is 6.92 Å². The molecule has 6 heteroatoms. The molecule has 1 aromatic rings. The molecule has 1 aromatic carbocycles. The predicted molar refractivity (Wildman–Crippen MR) is 100 cm³/mol. The Hall–Kier alpha value is -2.24. The quantitative estimate of drug-likeness (QED) is 0.710. The van der Waals surface area contributed by atoms with Crippen molar-refractivity contribution in [2.24, 2.45) is 5.92 Å². The summed E-state index contributed by atoms with van der Waals surface area (Å²) in [5.74, 6) is 0.588. The third kappa shape index (κ3) is 6.64. The van der Waals surface area contributed by atoms with E-state index in [1.165, 1.54) is 0 Å². The number of piperidine rings is 1. The lowest BCUT2D eigenvalue weighted by Gasteiger charge is -2.31. The Morgan fingerprint density at radius 2 is 1.80 bits per heavy atom. The third-order valence-corrected chi connectivity index (χ3v) is 4.60. The lowest BCUT2D eigenvalue weighted by molar-refractivity contribution is -0.130. The van der Waals surface area contributed by atoms with Crippen molar-refractivity contribution >= 4 is 17.6 Å². The number of benzene rings is 1. The van der Waals surface area contributed by atoms with Crippen LogP contribution in [0.1, 0.15) is 38.7 Å². The summed E-state index contributed by atoms with van der Waals surface area (Å²) in [4.78, 5) is 25.1. The van der Waals surface area contributed by atoms with E-state index in [2.05, 4.69) is 22.9 Å². The highest BCUT2D eigenvalue weighted by Crippen LogP contribution is 2.16. The molecule has 1 saturated heterocycles. The van der Waals surface area contributed by atoms with Crippen LogP contribution >= 0.6 is 0 Å². The molecule has 3 N–H and O–H groups in total. The number of rotatable bonds is 7. The highest BCUT2D eigenvalue weighted by molar-refractivity contribution is 5.74. The second-order valence-electron chi connectivity index (χ2n) is 6.64. The van der Waals surface area contributed by atoms with Crippen LogP contribution in [0.25, 0.3) is 0 Å². The Kier molecular flexibility index (Phi) is 7.57. The first-order valence-corrected chi connectivity index (χ1v) is 9.18. The van der Waals surface area contributed by atoms with Gasteiger partial charge in [0.25, 0.3) is 0 Å². The number of nitrogens with one attached hydrogen (secondary N) is 3. The van der Waals surface area contributed by atoms with Crippen LogP contribution in [-0.4, -0.2) is 43.0 Å². The van der Waals surface area contributed by atoms with E-state index >= 15 is 0 Å². The van der Waals surface area contributed by atoms with Crippen molar-refractivity contribution in [2.45, 2.75) is 39.7 Å². The normalized spacial score (nSPS) is 14.9. The molecule has 0 unspecified atom stereocenters. The van der Waals surface area contributed by atoms with Crippen molar-refractivity contribution in [2.75, 3.05) is 31.5 Å². The monoisotopic (exact) mass is 346 g/mol. The highest BCUT2D eigenvalue weighted by Gasteiger charge is 2.20. The number of hydrogen-bond donors (Lipinski definition) is 3. The number of urea groups is 1. The summed E-state index contributed by atoms with van der Waals surface area (Å²) in [5, 5.41) is 9.16. The van der Waals surface area contributed by atoms with Gasteiger partial charge in [-0.1, -0.05) is 19.1 Å². The van der Waals surface area contributed by atoms with Crippen molar-refractivity contribution in [3.05, 3.63) is 29.8 Å². The molecule has 1 heterocycles. The molecule has 1 aliphatic heterocycles. The average molecular weight is 346 g/mol.